The highest BCUT2D eigenvalue weighted by atomic mass is 16.5. The molecule has 2 amide bonds. The molecule has 2 aliphatic heterocycles. The maximum Gasteiger partial charge on any atom is 0.233 e. The average Bonchev–Trinajstić information content (AvgIpc) is 3.36. The number of carbonyl (C=O) groups is 2. The number of amides is 2. The SMILES string of the molecule is Cc1ccc(N2CC(C(=O)N3CC(c4nc(Cc5ccccc5)no4)C3)CC2=O)cc1C. The molecule has 2 aliphatic rings. The fraction of sp³-hybridized carbons (Fsp3) is 0.360. The zero-order chi connectivity index (χ0) is 22.2. The fourth-order valence-electron chi connectivity index (χ4n) is 4.37. The lowest BCUT2D eigenvalue weighted by molar-refractivity contribution is -0.140. The zero-order valence-electron chi connectivity index (χ0n) is 18.3. The molecule has 164 valence electrons. The van der Waals surface area contributed by atoms with Crippen LogP contribution in [0.1, 0.15) is 40.7 Å². The Balaban J connectivity index is 1.17. The molecule has 0 radical (unpaired) electrons. The topological polar surface area (TPSA) is 79.5 Å². The van der Waals surface area contributed by atoms with Crippen LogP contribution in [0.4, 0.5) is 5.69 Å². The maximum atomic E-state index is 13.0. The third-order valence-corrected chi connectivity index (χ3v) is 6.51. The van der Waals surface area contributed by atoms with Gasteiger partial charge in [0.25, 0.3) is 0 Å². The van der Waals surface area contributed by atoms with E-state index in [0.29, 0.717) is 37.8 Å². The van der Waals surface area contributed by atoms with Crippen LogP contribution in [-0.4, -0.2) is 46.5 Å². The Morgan fingerprint density at radius 1 is 1.06 bits per heavy atom. The Kier molecular flexibility index (Phi) is 5.25. The van der Waals surface area contributed by atoms with E-state index in [1.807, 2.05) is 62.4 Å². The Bertz CT molecular complexity index is 1150. The minimum Gasteiger partial charge on any atom is -0.341 e. The van der Waals surface area contributed by atoms with Crippen LogP contribution in [0.2, 0.25) is 0 Å². The fourth-order valence-corrected chi connectivity index (χ4v) is 4.37. The van der Waals surface area contributed by atoms with Gasteiger partial charge in [-0.25, -0.2) is 0 Å². The number of anilines is 1. The predicted molar refractivity (Wildman–Crippen MR) is 119 cm³/mol. The summed E-state index contributed by atoms with van der Waals surface area (Å²) in [6.07, 6.45) is 0.882. The van der Waals surface area contributed by atoms with Crippen molar-refractivity contribution in [3.63, 3.8) is 0 Å². The second-order valence-electron chi connectivity index (χ2n) is 8.83. The number of rotatable bonds is 5. The molecule has 7 heteroatoms. The second-order valence-corrected chi connectivity index (χ2v) is 8.83. The molecule has 3 aromatic rings. The lowest BCUT2D eigenvalue weighted by atomic mass is 9.96. The van der Waals surface area contributed by atoms with E-state index in [9.17, 15) is 9.59 Å². The smallest absolute Gasteiger partial charge is 0.233 e. The maximum absolute atomic E-state index is 13.0. The monoisotopic (exact) mass is 430 g/mol. The first-order chi connectivity index (χ1) is 15.5. The summed E-state index contributed by atoms with van der Waals surface area (Å²) >= 11 is 0. The van der Waals surface area contributed by atoms with Gasteiger partial charge in [0.05, 0.1) is 11.8 Å². The van der Waals surface area contributed by atoms with Gasteiger partial charge in [0.2, 0.25) is 17.7 Å². The second kappa shape index (κ2) is 8.22. The minimum atomic E-state index is -0.304. The summed E-state index contributed by atoms with van der Waals surface area (Å²) in [4.78, 5) is 33.6. The average molecular weight is 431 g/mol. The summed E-state index contributed by atoms with van der Waals surface area (Å²) in [7, 11) is 0. The Morgan fingerprint density at radius 3 is 2.59 bits per heavy atom. The van der Waals surface area contributed by atoms with Crippen LogP contribution in [0.3, 0.4) is 0 Å². The lowest BCUT2D eigenvalue weighted by Crippen LogP contribution is -2.51. The molecule has 2 fully saturated rings. The molecule has 0 aliphatic carbocycles. The van der Waals surface area contributed by atoms with Crippen molar-refractivity contribution in [2.75, 3.05) is 24.5 Å². The van der Waals surface area contributed by atoms with E-state index in [-0.39, 0.29) is 30.1 Å². The highest BCUT2D eigenvalue weighted by molar-refractivity contribution is 6.00. The molecule has 32 heavy (non-hydrogen) atoms. The molecule has 2 aromatic carbocycles. The van der Waals surface area contributed by atoms with Crippen molar-refractivity contribution in [2.24, 2.45) is 5.92 Å². The summed E-state index contributed by atoms with van der Waals surface area (Å²) in [5.41, 5.74) is 4.32. The summed E-state index contributed by atoms with van der Waals surface area (Å²) in [5.74, 6) is 1.03. The molecular weight excluding hydrogens is 404 g/mol. The van der Waals surface area contributed by atoms with E-state index in [1.165, 1.54) is 5.56 Å². The largest absolute Gasteiger partial charge is 0.341 e. The van der Waals surface area contributed by atoms with Crippen molar-refractivity contribution in [1.82, 2.24) is 15.0 Å². The van der Waals surface area contributed by atoms with Gasteiger partial charge in [-0.1, -0.05) is 41.6 Å². The number of nitrogens with zero attached hydrogens (tertiary/aromatic N) is 4. The first-order valence-corrected chi connectivity index (χ1v) is 11.0. The Hall–Kier alpha value is -3.48. The molecule has 1 unspecified atom stereocenters. The third-order valence-electron chi connectivity index (χ3n) is 6.51. The van der Waals surface area contributed by atoms with E-state index in [1.54, 1.807) is 9.80 Å². The van der Waals surface area contributed by atoms with Gasteiger partial charge in [-0.05, 0) is 42.7 Å². The van der Waals surface area contributed by atoms with Gasteiger partial charge < -0.3 is 14.3 Å². The van der Waals surface area contributed by atoms with Crippen molar-refractivity contribution >= 4 is 17.5 Å². The number of hydrogen-bond acceptors (Lipinski definition) is 5. The van der Waals surface area contributed by atoms with Gasteiger partial charge in [0.15, 0.2) is 5.82 Å². The van der Waals surface area contributed by atoms with Crippen LogP contribution in [0.15, 0.2) is 53.1 Å². The van der Waals surface area contributed by atoms with Crippen molar-refractivity contribution in [3.05, 3.63) is 76.9 Å². The van der Waals surface area contributed by atoms with Crippen LogP contribution >= 0.6 is 0 Å². The van der Waals surface area contributed by atoms with Crippen LogP contribution in [0.5, 0.6) is 0 Å². The Morgan fingerprint density at radius 2 is 1.84 bits per heavy atom. The van der Waals surface area contributed by atoms with E-state index < -0.39 is 0 Å². The first kappa shape index (κ1) is 20.4. The van der Waals surface area contributed by atoms with Crippen molar-refractivity contribution in [1.29, 1.82) is 0 Å². The first-order valence-electron chi connectivity index (χ1n) is 11.0. The number of likely N-dealkylation sites (tertiary alicyclic amines) is 1. The number of aryl methyl sites for hydroxylation is 2. The summed E-state index contributed by atoms with van der Waals surface area (Å²) in [6.45, 7) is 5.62. The number of benzene rings is 2. The summed E-state index contributed by atoms with van der Waals surface area (Å²) < 4.78 is 5.45. The van der Waals surface area contributed by atoms with Gasteiger partial charge in [-0.3, -0.25) is 9.59 Å². The molecule has 0 spiro atoms. The molecule has 5 rings (SSSR count). The standard InChI is InChI=1S/C25H26N4O3/c1-16-8-9-21(10-17(16)2)29-15-19(12-23(29)30)25(31)28-13-20(14-28)24-26-22(27-32-24)11-18-6-4-3-5-7-18/h3-10,19-20H,11-15H2,1-2H3. The quantitative estimate of drug-likeness (QED) is 0.621. The molecule has 7 nitrogen and oxygen atoms in total. The van der Waals surface area contributed by atoms with Crippen LogP contribution in [-0.2, 0) is 16.0 Å². The number of aromatic nitrogens is 2. The van der Waals surface area contributed by atoms with Crippen LogP contribution < -0.4 is 4.90 Å². The van der Waals surface area contributed by atoms with E-state index in [2.05, 4.69) is 10.1 Å². The van der Waals surface area contributed by atoms with Crippen molar-refractivity contribution in [3.8, 4) is 0 Å². The lowest BCUT2D eigenvalue weighted by Gasteiger charge is -2.38. The molecule has 2 saturated heterocycles. The number of hydrogen-bond donors (Lipinski definition) is 0. The molecule has 0 N–H and O–H groups in total. The third kappa shape index (κ3) is 3.90. The number of carbonyl (C=O) groups excluding carboxylic acids is 2. The van der Waals surface area contributed by atoms with E-state index in [4.69, 9.17) is 4.52 Å². The molecule has 0 bridgehead atoms. The summed E-state index contributed by atoms with van der Waals surface area (Å²) in [6, 6.07) is 16.0. The van der Waals surface area contributed by atoms with Crippen molar-refractivity contribution < 1.29 is 14.1 Å². The molecule has 1 aromatic heterocycles. The highest BCUT2D eigenvalue weighted by Gasteiger charge is 2.42. The Labute approximate surface area is 187 Å². The van der Waals surface area contributed by atoms with Crippen molar-refractivity contribution in [2.45, 2.75) is 32.6 Å². The van der Waals surface area contributed by atoms with Gasteiger partial charge in [0, 0.05) is 38.2 Å². The van der Waals surface area contributed by atoms with E-state index >= 15 is 0 Å². The predicted octanol–water partition coefficient (Wildman–Crippen LogP) is 3.26. The normalized spacial score (nSPS) is 18.8. The van der Waals surface area contributed by atoms with Crippen LogP contribution in [0, 0.1) is 19.8 Å². The van der Waals surface area contributed by atoms with Gasteiger partial charge in [0.1, 0.15) is 0 Å². The van der Waals surface area contributed by atoms with Crippen LogP contribution in [0.25, 0.3) is 0 Å². The molecule has 0 saturated carbocycles. The van der Waals surface area contributed by atoms with E-state index in [0.717, 1.165) is 16.8 Å². The van der Waals surface area contributed by atoms with Gasteiger partial charge in [-0.15, -0.1) is 0 Å². The minimum absolute atomic E-state index is 0.00568. The summed E-state index contributed by atoms with van der Waals surface area (Å²) in [5, 5.41) is 4.09. The zero-order valence-corrected chi connectivity index (χ0v) is 18.3. The molecule has 1 atom stereocenters. The molecule has 3 heterocycles. The van der Waals surface area contributed by atoms with Gasteiger partial charge >= 0.3 is 0 Å². The van der Waals surface area contributed by atoms with Gasteiger partial charge in [-0.2, -0.15) is 4.98 Å². The molecular formula is C25H26N4O3. The highest BCUT2D eigenvalue weighted by Crippen LogP contribution is 2.32.